The van der Waals surface area contributed by atoms with E-state index < -0.39 is 4.92 Å². The fraction of sp³-hybridized carbons (Fsp3) is 0.278. The Bertz CT molecular complexity index is 756. The van der Waals surface area contributed by atoms with E-state index in [1.54, 1.807) is 37.3 Å². The second-order valence-corrected chi connectivity index (χ2v) is 5.94. The molecule has 0 atom stereocenters. The van der Waals surface area contributed by atoms with Crippen molar-refractivity contribution in [1.29, 1.82) is 0 Å². The van der Waals surface area contributed by atoms with Crippen LogP contribution < -0.4 is 10.1 Å². The van der Waals surface area contributed by atoms with Gasteiger partial charge in [-0.3, -0.25) is 14.9 Å². The number of anilines is 1. The van der Waals surface area contributed by atoms with Gasteiger partial charge >= 0.3 is 0 Å². The predicted octanol–water partition coefficient (Wildman–Crippen LogP) is 4.19. The highest BCUT2D eigenvalue weighted by Gasteiger charge is 2.13. The Balaban J connectivity index is 2.16. The molecule has 0 aromatic heterocycles. The highest BCUT2D eigenvalue weighted by Crippen LogP contribution is 2.23. The number of carbonyl (C=O) groups is 1. The zero-order chi connectivity index (χ0) is 17.7. The molecule has 2 aromatic rings. The van der Waals surface area contributed by atoms with Crippen molar-refractivity contribution in [3.05, 3.63) is 63.7 Å². The maximum absolute atomic E-state index is 12.4. The van der Waals surface area contributed by atoms with E-state index in [9.17, 15) is 14.9 Å². The van der Waals surface area contributed by atoms with Crippen molar-refractivity contribution in [3.8, 4) is 5.75 Å². The summed E-state index contributed by atoms with van der Waals surface area (Å²) in [6, 6.07) is 11.2. The number of ether oxygens (including phenoxy) is 1. The van der Waals surface area contributed by atoms with Gasteiger partial charge in [-0.25, -0.2) is 0 Å². The van der Waals surface area contributed by atoms with Crippen LogP contribution in [0.15, 0.2) is 42.5 Å². The molecule has 6 nitrogen and oxygen atoms in total. The maximum Gasteiger partial charge on any atom is 0.271 e. The van der Waals surface area contributed by atoms with Gasteiger partial charge in [0.05, 0.1) is 17.2 Å². The topological polar surface area (TPSA) is 81.5 Å². The third-order valence-corrected chi connectivity index (χ3v) is 3.36. The van der Waals surface area contributed by atoms with Crippen LogP contribution in [0.3, 0.4) is 0 Å². The maximum atomic E-state index is 12.4. The molecule has 0 fully saturated rings. The fourth-order valence-electron chi connectivity index (χ4n) is 2.04. The molecule has 24 heavy (non-hydrogen) atoms. The van der Waals surface area contributed by atoms with Crippen LogP contribution in [-0.2, 0) is 0 Å². The Hall–Kier alpha value is -2.89. The van der Waals surface area contributed by atoms with Crippen LogP contribution in [0.25, 0.3) is 0 Å². The summed E-state index contributed by atoms with van der Waals surface area (Å²) in [7, 11) is 0. The van der Waals surface area contributed by atoms with Gasteiger partial charge < -0.3 is 10.1 Å². The van der Waals surface area contributed by atoms with Crippen LogP contribution >= 0.6 is 0 Å². The normalized spacial score (nSPS) is 10.5. The van der Waals surface area contributed by atoms with E-state index in [2.05, 4.69) is 5.32 Å². The van der Waals surface area contributed by atoms with E-state index in [0.717, 1.165) is 5.56 Å². The van der Waals surface area contributed by atoms with Gasteiger partial charge in [-0.1, -0.05) is 26.0 Å². The van der Waals surface area contributed by atoms with Crippen LogP contribution in [0, 0.1) is 23.0 Å². The molecule has 0 unspecified atom stereocenters. The largest absolute Gasteiger partial charge is 0.493 e. The van der Waals surface area contributed by atoms with Gasteiger partial charge in [-0.05, 0) is 36.6 Å². The quantitative estimate of drug-likeness (QED) is 0.637. The van der Waals surface area contributed by atoms with Gasteiger partial charge in [-0.15, -0.1) is 0 Å². The van der Waals surface area contributed by atoms with Crippen LogP contribution in [0.5, 0.6) is 5.75 Å². The van der Waals surface area contributed by atoms with E-state index in [4.69, 9.17) is 4.74 Å². The Morgan fingerprint density at radius 2 is 2.00 bits per heavy atom. The first-order chi connectivity index (χ1) is 11.4. The average molecular weight is 328 g/mol. The van der Waals surface area contributed by atoms with Crippen LogP contribution in [0.1, 0.15) is 29.8 Å². The average Bonchev–Trinajstić information content (AvgIpc) is 2.55. The molecule has 6 heteroatoms. The lowest BCUT2D eigenvalue weighted by Gasteiger charge is -2.11. The number of carbonyl (C=O) groups excluding carboxylic acids is 1. The molecule has 0 bridgehead atoms. The first-order valence-electron chi connectivity index (χ1n) is 7.66. The molecule has 126 valence electrons. The molecule has 0 aliphatic heterocycles. The number of hydrogen-bond donors (Lipinski definition) is 1. The molecule has 1 amide bonds. The lowest BCUT2D eigenvalue weighted by Crippen LogP contribution is -2.13. The molecular weight excluding hydrogens is 308 g/mol. The number of non-ortho nitro benzene ring substituents is 1. The molecular formula is C18H20N2O4. The minimum Gasteiger partial charge on any atom is -0.493 e. The highest BCUT2D eigenvalue weighted by molar-refractivity contribution is 6.05. The van der Waals surface area contributed by atoms with Gasteiger partial charge in [0.15, 0.2) is 0 Å². The van der Waals surface area contributed by atoms with Crippen molar-refractivity contribution in [3.63, 3.8) is 0 Å². The number of nitrogens with zero attached hydrogens (tertiary/aromatic N) is 1. The van der Waals surface area contributed by atoms with Gasteiger partial charge in [0.1, 0.15) is 5.75 Å². The standard InChI is InChI=1S/C18H20N2O4/c1-12(2)11-24-16-6-4-5-14(9-16)18(21)19-17-10-15(20(22)23)8-7-13(17)3/h4-10,12H,11H2,1-3H3,(H,19,21). The number of aryl methyl sites for hydroxylation is 1. The molecule has 0 radical (unpaired) electrons. The fourth-order valence-corrected chi connectivity index (χ4v) is 2.04. The molecule has 0 aliphatic carbocycles. The smallest absolute Gasteiger partial charge is 0.271 e. The monoisotopic (exact) mass is 328 g/mol. The Labute approximate surface area is 140 Å². The zero-order valence-corrected chi connectivity index (χ0v) is 13.9. The number of nitrogens with one attached hydrogen (secondary N) is 1. The van der Waals surface area contributed by atoms with E-state index in [-0.39, 0.29) is 11.6 Å². The zero-order valence-electron chi connectivity index (χ0n) is 13.9. The van der Waals surface area contributed by atoms with Crippen molar-refractivity contribution in [2.75, 3.05) is 11.9 Å². The molecule has 0 saturated heterocycles. The second kappa shape index (κ2) is 7.59. The number of nitro benzene ring substituents is 1. The molecule has 0 spiro atoms. The summed E-state index contributed by atoms with van der Waals surface area (Å²) in [6.07, 6.45) is 0. The van der Waals surface area contributed by atoms with Gasteiger partial charge in [0.2, 0.25) is 0 Å². The van der Waals surface area contributed by atoms with Gasteiger partial charge in [0.25, 0.3) is 11.6 Å². The SMILES string of the molecule is Cc1ccc([N+](=O)[O-])cc1NC(=O)c1cccc(OCC(C)C)c1. The van der Waals surface area contributed by atoms with Crippen molar-refractivity contribution < 1.29 is 14.5 Å². The summed E-state index contributed by atoms with van der Waals surface area (Å²) in [4.78, 5) is 22.8. The van der Waals surface area contributed by atoms with Crippen LogP contribution in [-0.4, -0.2) is 17.4 Å². The number of nitro groups is 1. The summed E-state index contributed by atoms with van der Waals surface area (Å²) in [5.74, 6) is 0.663. The van der Waals surface area contributed by atoms with Crippen molar-refractivity contribution >= 4 is 17.3 Å². The second-order valence-electron chi connectivity index (χ2n) is 5.94. The summed E-state index contributed by atoms with van der Waals surface area (Å²) in [5, 5.41) is 13.6. The molecule has 1 N–H and O–H groups in total. The number of hydrogen-bond acceptors (Lipinski definition) is 4. The number of benzene rings is 2. The van der Waals surface area contributed by atoms with Gasteiger partial charge in [0, 0.05) is 17.7 Å². The molecule has 2 aromatic carbocycles. The lowest BCUT2D eigenvalue weighted by atomic mass is 10.1. The number of amides is 1. The van der Waals surface area contributed by atoms with Crippen molar-refractivity contribution in [1.82, 2.24) is 0 Å². The minimum atomic E-state index is -0.491. The molecule has 0 saturated carbocycles. The van der Waals surface area contributed by atoms with E-state index >= 15 is 0 Å². The number of rotatable bonds is 6. The van der Waals surface area contributed by atoms with E-state index in [1.165, 1.54) is 12.1 Å². The first-order valence-corrected chi connectivity index (χ1v) is 7.66. The summed E-state index contributed by atoms with van der Waals surface area (Å²) < 4.78 is 5.61. The molecule has 2 rings (SSSR count). The highest BCUT2D eigenvalue weighted by atomic mass is 16.6. The first kappa shape index (κ1) is 17.5. The summed E-state index contributed by atoms with van der Waals surface area (Å²) in [5.41, 5.74) is 1.54. The van der Waals surface area contributed by atoms with Gasteiger partial charge in [-0.2, -0.15) is 0 Å². The van der Waals surface area contributed by atoms with Crippen molar-refractivity contribution in [2.24, 2.45) is 5.92 Å². The molecule has 0 heterocycles. The Morgan fingerprint density at radius 3 is 2.67 bits per heavy atom. The van der Waals surface area contributed by atoms with E-state index in [1.807, 2.05) is 13.8 Å². The van der Waals surface area contributed by atoms with Crippen LogP contribution in [0.4, 0.5) is 11.4 Å². The Morgan fingerprint density at radius 1 is 1.25 bits per heavy atom. The third-order valence-electron chi connectivity index (χ3n) is 3.36. The van der Waals surface area contributed by atoms with E-state index in [0.29, 0.717) is 29.5 Å². The lowest BCUT2D eigenvalue weighted by molar-refractivity contribution is -0.384. The third kappa shape index (κ3) is 4.55. The Kier molecular flexibility index (Phi) is 5.52. The van der Waals surface area contributed by atoms with Crippen molar-refractivity contribution in [2.45, 2.75) is 20.8 Å². The predicted molar refractivity (Wildman–Crippen MR) is 92.6 cm³/mol. The summed E-state index contributed by atoms with van der Waals surface area (Å²) in [6.45, 7) is 6.43. The molecule has 0 aliphatic rings. The summed E-state index contributed by atoms with van der Waals surface area (Å²) >= 11 is 0. The minimum absolute atomic E-state index is 0.0649. The van der Waals surface area contributed by atoms with Crippen LogP contribution in [0.2, 0.25) is 0 Å².